The van der Waals surface area contributed by atoms with E-state index in [0.29, 0.717) is 27.8 Å². The number of halogens is 1. The summed E-state index contributed by atoms with van der Waals surface area (Å²) in [7, 11) is 0. The van der Waals surface area contributed by atoms with Gasteiger partial charge in [0.1, 0.15) is 18.1 Å². The van der Waals surface area contributed by atoms with E-state index in [2.05, 4.69) is 5.16 Å². The van der Waals surface area contributed by atoms with Gasteiger partial charge < -0.3 is 20.1 Å². The fourth-order valence-corrected chi connectivity index (χ4v) is 1.76. The van der Waals surface area contributed by atoms with Gasteiger partial charge in [0.2, 0.25) is 0 Å². The fourth-order valence-electron chi connectivity index (χ4n) is 1.51. The zero-order valence-electron chi connectivity index (χ0n) is 10.0. The van der Waals surface area contributed by atoms with Crippen molar-refractivity contribution in [3.63, 3.8) is 0 Å². The molecular weight excluding hydrogens is 272 g/mol. The molecule has 0 aliphatic rings. The normalized spacial score (nSPS) is 10.4. The van der Waals surface area contributed by atoms with Crippen molar-refractivity contribution >= 4 is 23.3 Å². The van der Waals surface area contributed by atoms with Crippen LogP contribution in [0.15, 0.2) is 22.7 Å². The van der Waals surface area contributed by atoms with Crippen molar-refractivity contribution in [2.45, 2.75) is 13.5 Å². The first kappa shape index (κ1) is 13.2. The minimum atomic E-state index is -1.17. The van der Waals surface area contributed by atoms with Gasteiger partial charge in [-0.2, -0.15) is 0 Å². The number of hydrogen-bond donors (Lipinski definition) is 2. The number of nitrogens with two attached hydrogens (primary N) is 1. The highest BCUT2D eigenvalue weighted by Gasteiger charge is 2.19. The summed E-state index contributed by atoms with van der Waals surface area (Å²) in [6, 6.07) is 4.80. The summed E-state index contributed by atoms with van der Waals surface area (Å²) in [4.78, 5) is 10.9. The molecule has 100 valence electrons. The van der Waals surface area contributed by atoms with Gasteiger partial charge in [-0.3, -0.25) is 0 Å². The number of nitrogens with zero attached hydrogens (tertiary/aromatic N) is 1. The number of carboxylic acids is 1. The maximum Gasteiger partial charge on any atom is 0.358 e. The second kappa shape index (κ2) is 5.19. The molecule has 0 aliphatic heterocycles. The molecule has 6 nitrogen and oxygen atoms in total. The van der Waals surface area contributed by atoms with Crippen LogP contribution in [0, 0.1) is 6.92 Å². The van der Waals surface area contributed by atoms with Gasteiger partial charge in [0.15, 0.2) is 5.69 Å². The van der Waals surface area contributed by atoms with E-state index in [1.54, 1.807) is 25.1 Å². The molecule has 2 aromatic rings. The lowest BCUT2D eigenvalue weighted by Gasteiger charge is -2.08. The summed E-state index contributed by atoms with van der Waals surface area (Å²) in [6.45, 7) is 1.61. The van der Waals surface area contributed by atoms with E-state index in [1.165, 1.54) is 0 Å². The van der Waals surface area contributed by atoms with Gasteiger partial charge >= 0.3 is 5.97 Å². The number of nitrogen functional groups attached to an aromatic ring is 1. The predicted molar refractivity (Wildman–Crippen MR) is 68.4 cm³/mol. The van der Waals surface area contributed by atoms with Gasteiger partial charge in [0.25, 0.3) is 0 Å². The first-order chi connectivity index (χ1) is 8.99. The first-order valence-corrected chi connectivity index (χ1v) is 5.73. The highest BCUT2D eigenvalue weighted by Crippen LogP contribution is 2.27. The minimum absolute atomic E-state index is 0.000600. The summed E-state index contributed by atoms with van der Waals surface area (Å²) in [5.41, 5.74) is 6.29. The number of aryl methyl sites for hydroxylation is 1. The molecule has 2 rings (SSSR count). The summed E-state index contributed by atoms with van der Waals surface area (Å²) in [5, 5.41) is 12.8. The topological polar surface area (TPSA) is 98.6 Å². The van der Waals surface area contributed by atoms with Crippen LogP contribution in [0.3, 0.4) is 0 Å². The zero-order chi connectivity index (χ0) is 14.0. The van der Waals surface area contributed by atoms with Gasteiger partial charge in [-0.05, 0) is 25.1 Å². The molecule has 0 amide bonds. The number of hydrogen-bond acceptors (Lipinski definition) is 5. The molecule has 0 atom stereocenters. The highest BCUT2D eigenvalue weighted by atomic mass is 35.5. The second-order valence-electron chi connectivity index (χ2n) is 3.85. The van der Waals surface area contributed by atoms with Crippen molar-refractivity contribution in [1.82, 2.24) is 5.16 Å². The Bertz CT molecular complexity index is 624. The van der Waals surface area contributed by atoms with Crippen LogP contribution >= 0.6 is 11.6 Å². The lowest BCUT2D eigenvalue weighted by atomic mass is 10.2. The van der Waals surface area contributed by atoms with E-state index in [9.17, 15) is 4.79 Å². The molecule has 1 aromatic carbocycles. The average molecular weight is 283 g/mol. The van der Waals surface area contributed by atoms with Crippen molar-refractivity contribution in [2.75, 3.05) is 5.73 Å². The molecule has 7 heteroatoms. The Hall–Kier alpha value is -2.21. The molecular formula is C12H11ClN2O4. The molecule has 0 spiro atoms. The molecule has 0 bridgehead atoms. The Morgan fingerprint density at radius 3 is 2.95 bits per heavy atom. The van der Waals surface area contributed by atoms with E-state index in [4.69, 9.17) is 31.7 Å². The van der Waals surface area contributed by atoms with Crippen LogP contribution in [0.4, 0.5) is 5.69 Å². The Labute approximate surface area is 113 Å². The fraction of sp³-hybridized carbons (Fsp3) is 0.167. The molecule has 0 unspecified atom stereocenters. The van der Waals surface area contributed by atoms with Gasteiger partial charge in [-0.1, -0.05) is 16.8 Å². The SMILES string of the molecule is Cc1onc(C(=O)O)c1COc1ccc(N)cc1Cl. The van der Waals surface area contributed by atoms with Gasteiger partial charge in [-0.15, -0.1) is 0 Å². The lowest BCUT2D eigenvalue weighted by molar-refractivity contribution is 0.0683. The van der Waals surface area contributed by atoms with Crippen LogP contribution in [-0.4, -0.2) is 16.2 Å². The lowest BCUT2D eigenvalue weighted by Crippen LogP contribution is -2.05. The second-order valence-corrected chi connectivity index (χ2v) is 4.26. The standard InChI is InChI=1S/C12H11ClN2O4/c1-6-8(11(12(16)17)15-19-6)5-18-10-3-2-7(14)4-9(10)13/h2-4H,5,14H2,1H3,(H,16,17). The van der Waals surface area contributed by atoms with Crippen LogP contribution in [0.2, 0.25) is 5.02 Å². The third-order valence-electron chi connectivity index (χ3n) is 2.52. The van der Waals surface area contributed by atoms with E-state index < -0.39 is 5.97 Å². The van der Waals surface area contributed by atoms with Crippen LogP contribution in [0.1, 0.15) is 21.8 Å². The number of rotatable bonds is 4. The van der Waals surface area contributed by atoms with Crippen LogP contribution in [-0.2, 0) is 6.61 Å². The van der Waals surface area contributed by atoms with E-state index in [0.717, 1.165) is 0 Å². The molecule has 3 N–H and O–H groups in total. The smallest absolute Gasteiger partial charge is 0.358 e. The Kier molecular flexibility index (Phi) is 3.62. The van der Waals surface area contributed by atoms with Gasteiger partial charge in [-0.25, -0.2) is 4.79 Å². The predicted octanol–water partition coefficient (Wildman–Crippen LogP) is 2.50. The van der Waals surface area contributed by atoms with Crippen molar-refractivity contribution in [1.29, 1.82) is 0 Å². The number of ether oxygens (including phenoxy) is 1. The van der Waals surface area contributed by atoms with E-state index in [-0.39, 0.29) is 12.3 Å². The largest absolute Gasteiger partial charge is 0.487 e. The number of aromatic carboxylic acids is 1. The number of carbonyl (C=O) groups is 1. The monoisotopic (exact) mass is 282 g/mol. The van der Waals surface area contributed by atoms with Crippen molar-refractivity contribution in [3.05, 3.63) is 40.2 Å². The number of benzene rings is 1. The van der Waals surface area contributed by atoms with E-state index >= 15 is 0 Å². The number of carboxylic acid groups (broad SMARTS) is 1. The molecule has 1 heterocycles. The van der Waals surface area contributed by atoms with Gasteiger partial charge in [0, 0.05) is 5.69 Å². The number of anilines is 1. The summed E-state index contributed by atoms with van der Waals surface area (Å²) in [6.07, 6.45) is 0. The van der Waals surface area contributed by atoms with Crippen LogP contribution in [0.5, 0.6) is 5.75 Å². The maximum absolute atomic E-state index is 10.9. The van der Waals surface area contributed by atoms with Crippen LogP contribution in [0.25, 0.3) is 0 Å². The van der Waals surface area contributed by atoms with Crippen molar-refractivity contribution in [3.8, 4) is 5.75 Å². The maximum atomic E-state index is 10.9. The first-order valence-electron chi connectivity index (χ1n) is 5.35. The molecule has 19 heavy (non-hydrogen) atoms. The molecule has 0 saturated carbocycles. The van der Waals surface area contributed by atoms with E-state index in [1.807, 2.05) is 0 Å². The highest BCUT2D eigenvalue weighted by molar-refractivity contribution is 6.32. The summed E-state index contributed by atoms with van der Waals surface area (Å²) in [5.74, 6) is -0.365. The third kappa shape index (κ3) is 2.79. The molecule has 1 aromatic heterocycles. The zero-order valence-corrected chi connectivity index (χ0v) is 10.8. The van der Waals surface area contributed by atoms with Crippen LogP contribution < -0.4 is 10.5 Å². The molecule has 0 radical (unpaired) electrons. The quantitative estimate of drug-likeness (QED) is 0.836. The Morgan fingerprint density at radius 1 is 1.58 bits per heavy atom. The Morgan fingerprint density at radius 2 is 2.32 bits per heavy atom. The molecule has 0 fully saturated rings. The van der Waals surface area contributed by atoms with Crippen molar-refractivity contribution < 1.29 is 19.2 Å². The number of aromatic nitrogens is 1. The average Bonchev–Trinajstić information content (AvgIpc) is 2.70. The summed E-state index contributed by atoms with van der Waals surface area (Å²) >= 11 is 5.95. The third-order valence-corrected chi connectivity index (χ3v) is 2.81. The van der Waals surface area contributed by atoms with Crippen molar-refractivity contribution in [2.24, 2.45) is 0 Å². The minimum Gasteiger partial charge on any atom is -0.487 e. The van der Waals surface area contributed by atoms with Gasteiger partial charge in [0.05, 0.1) is 10.6 Å². The molecule has 0 saturated heterocycles. The summed E-state index contributed by atoms with van der Waals surface area (Å²) < 4.78 is 10.3. The molecule has 0 aliphatic carbocycles. The Balaban J connectivity index is 2.19.